The van der Waals surface area contributed by atoms with Crippen LogP contribution in [0.4, 0.5) is 11.8 Å². The van der Waals surface area contributed by atoms with Crippen LogP contribution < -0.4 is 10.1 Å². The van der Waals surface area contributed by atoms with E-state index in [1.807, 2.05) is 68.4 Å². The summed E-state index contributed by atoms with van der Waals surface area (Å²) in [5.74, 6) is 1.61. The third kappa shape index (κ3) is 2.76. The second kappa shape index (κ2) is 5.85. The van der Waals surface area contributed by atoms with Gasteiger partial charge in [-0.25, -0.2) is 4.98 Å². The third-order valence-corrected chi connectivity index (χ3v) is 3.58. The van der Waals surface area contributed by atoms with E-state index >= 15 is 0 Å². The summed E-state index contributed by atoms with van der Waals surface area (Å²) in [6.07, 6.45) is 0.0300. The Morgan fingerprint density at radius 1 is 1.00 bits per heavy atom. The first-order chi connectivity index (χ1) is 11.7. The van der Waals surface area contributed by atoms with Gasteiger partial charge < -0.3 is 9.15 Å². The molecule has 4 rings (SSSR count). The zero-order valence-corrected chi connectivity index (χ0v) is 13.5. The van der Waals surface area contributed by atoms with E-state index in [9.17, 15) is 0 Å². The predicted octanol–water partition coefficient (Wildman–Crippen LogP) is 4.91. The zero-order chi connectivity index (χ0) is 16.5. The van der Waals surface area contributed by atoms with Crippen LogP contribution in [0.3, 0.4) is 0 Å². The SMILES string of the molecule is CC(C)Oc1nc(Nc2cc3ccccc3o2)nc2ccccc12. The van der Waals surface area contributed by atoms with E-state index in [0.717, 1.165) is 21.9 Å². The molecule has 0 radical (unpaired) electrons. The molecule has 0 aliphatic rings. The fraction of sp³-hybridized carbons (Fsp3) is 0.158. The Morgan fingerprint density at radius 3 is 2.62 bits per heavy atom. The summed E-state index contributed by atoms with van der Waals surface area (Å²) in [6.45, 7) is 3.95. The minimum atomic E-state index is 0.0300. The standard InChI is InChI=1S/C19H17N3O2/c1-12(2)23-18-14-8-4-5-9-15(14)20-19(22-18)21-17-11-13-7-3-6-10-16(13)24-17/h3-12H,1-2H3,(H,20,21,22). The van der Waals surface area contributed by atoms with Crippen molar-refractivity contribution in [3.05, 3.63) is 54.6 Å². The maximum absolute atomic E-state index is 5.84. The van der Waals surface area contributed by atoms with Crippen LogP contribution in [0.1, 0.15) is 13.8 Å². The van der Waals surface area contributed by atoms with E-state index in [1.165, 1.54) is 0 Å². The number of aromatic nitrogens is 2. The molecular weight excluding hydrogens is 302 g/mol. The third-order valence-electron chi connectivity index (χ3n) is 3.58. The van der Waals surface area contributed by atoms with Gasteiger partial charge in [0.1, 0.15) is 5.58 Å². The first kappa shape index (κ1) is 14.5. The highest BCUT2D eigenvalue weighted by atomic mass is 16.5. The van der Waals surface area contributed by atoms with Gasteiger partial charge in [0.25, 0.3) is 0 Å². The molecule has 0 spiro atoms. The van der Waals surface area contributed by atoms with Crippen molar-refractivity contribution in [2.75, 3.05) is 5.32 Å². The maximum Gasteiger partial charge on any atom is 0.233 e. The number of fused-ring (bicyclic) bond motifs is 2. The summed E-state index contributed by atoms with van der Waals surface area (Å²) in [5, 5.41) is 5.05. The van der Waals surface area contributed by atoms with Gasteiger partial charge in [0.05, 0.1) is 17.0 Å². The number of anilines is 2. The number of para-hydroxylation sites is 2. The smallest absolute Gasteiger partial charge is 0.233 e. The minimum absolute atomic E-state index is 0.0300. The van der Waals surface area contributed by atoms with Crippen LogP contribution in [0.2, 0.25) is 0 Å². The molecule has 24 heavy (non-hydrogen) atoms. The van der Waals surface area contributed by atoms with Crippen LogP contribution in [0.15, 0.2) is 59.0 Å². The Hall–Kier alpha value is -3.08. The van der Waals surface area contributed by atoms with Crippen LogP contribution in [0.5, 0.6) is 5.88 Å². The molecule has 2 heterocycles. The molecule has 0 saturated heterocycles. The molecule has 1 N–H and O–H groups in total. The van der Waals surface area contributed by atoms with Crippen LogP contribution >= 0.6 is 0 Å². The number of nitrogens with zero attached hydrogens (tertiary/aromatic N) is 2. The molecule has 0 aliphatic carbocycles. The van der Waals surface area contributed by atoms with Gasteiger partial charge in [0, 0.05) is 11.5 Å². The monoisotopic (exact) mass is 319 g/mol. The Balaban J connectivity index is 1.75. The lowest BCUT2D eigenvalue weighted by molar-refractivity contribution is 0.236. The van der Waals surface area contributed by atoms with Gasteiger partial charge in [0.15, 0.2) is 0 Å². The van der Waals surface area contributed by atoms with Crippen molar-refractivity contribution in [1.29, 1.82) is 0 Å². The number of hydrogen-bond donors (Lipinski definition) is 1. The first-order valence-corrected chi connectivity index (χ1v) is 7.88. The lowest BCUT2D eigenvalue weighted by atomic mass is 10.2. The largest absolute Gasteiger partial charge is 0.474 e. The van der Waals surface area contributed by atoms with E-state index in [-0.39, 0.29) is 6.10 Å². The number of ether oxygens (including phenoxy) is 1. The van der Waals surface area contributed by atoms with Crippen LogP contribution in [0, 0.1) is 0 Å². The molecule has 4 aromatic rings. The molecule has 2 aromatic carbocycles. The van der Waals surface area contributed by atoms with Crippen molar-refractivity contribution in [2.45, 2.75) is 20.0 Å². The molecule has 0 atom stereocenters. The van der Waals surface area contributed by atoms with Gasteiger partial charge >= 0.3 is 0 Å². The van der Waals surface area contributed by atoms with Crippen molar-refractivity contribution in [2.24, 2.45) is 0 Å². The fourth-order valence-electron chi connectivity index (χ4n) is 2.57. The minimum Gasteiger partial charge on any atom is -0.474 e. The number of benzene rings is 2. The zero-order valence-electron chi connectivity index (χ0n) is 13.5. The van der Waals surface area contributed by atoms with Gasteiger partial charge in [-0.2, -0.15) is 4.98 Å². The number of hydrogen-bond acceptors (Lipinski definition) is 5. The van der Waals surface area contributed by atoms with Gasteiger partial charge in [-0.05, 0) is 32.0 Å². The van der Waals surface area contributed by atoms with E-state index in [0.29, 0.717) is 17.7 Å². The number of furan rings is 1. The average molecular weight is 319 g/mol. The van der Waals surface area contributed by atoms with Gasteiger partial charge in [-0.15, -0.1) is 0 Å². The molecule has 5 heteroatoms. The summed E-state index contributed by atoms with van der Waals surface area (Å²) in [5.41, 5.74) is 1.64. The second-order valence-electron chi connectivity index (χ2n) is 5.81. The molecule has 0 fully saturated rings. The highest BCUT2D eigenvalue weighted by molar-refractivity contribution is 5.85. The topological polar surface area (TPSA) is 60.2 Å². The second-order valence-corrected chi connectivity index (χ2v) is 5.81. The van der Waals surface area contributed by atoms with E-state index < -0.39 is 0 Å². The molecule has 0 aliphatic heterocycles. The lowest BCUT2D eigenvalue weighted by Crippen LogP contribution is -2.09. The number of nitrogens with one attached hydrogen (secondary N) is 1. The van der Waals surface area contributed by atoms with Crippen LogP contribution in [-0.2, 0) is 0 Å². The summed E-state index contributed by atoms with van der Waals surface area (Å²) in [4.78, 5) is 9.05. The van der Waals surface area contributed by atoms with Crippen molar-refractivity contribution < 1.29 is 9.15 Å². The highest BCUT2D eigenvalue weighted by Crippen LogP contribution is 2.28. The van der Waals surface area contributed by atoms with Gasteiger partial charge in [-0.1, -0.05) is 30.3 Å². The molecule has 2 aromatic heterocycles. The quantitative estimate of drug-likeness (QED) is 0.579. The van der Waals surface area contributed by atoms with E-state index in [1.54, 1.807) is 0 Å². The van der Waals surface area contributed by atoms with Crippen molar-refractivity contribution in [1.82, 2.24) is 9.97 Å². The van der Waals surface area contributed by atoms with Crippen LogP contribution in [0.25, 0.3) is 21.9 Å². The molecule has 0 saturated carbocycles. The molecule has 5 nitrogen and oxygen atoms in total. The summed E-state index contributed by atoms with van der Waals surface area (Å²) in [7, 11) is 0. The van der Waals surface area contributed by atoms with Crippen molar-refractivity contribution in [3.8, 4) is 5.88 Å². The maximum atomic E-state index is 5.84. The van der Waals surface area contributed by atoms with Gasteiger partial charge in [0.2, 0.25) is 17.7 Å². The Labute approximate surface area is 139 Å². The fourth-order valence-corrected chi connectivity index (χ4v) is 2.57. The molecule has 0 unspecified atom stereocenters. The summed E-state index contributed by atoms with van der Waals surface area (Å²) >= 11 is 0. The first-order valence-electron chi connectivity index (χ1n) is 7.88. The van der Waals surface area contributed by atoms with E-state index in [4.69, 9.17) is 9.15 Å². The van der Waals surface area contributed by atoms with E-state index in [2.05, 4.69) is 15.3 Å². The Morgan fingerprint density at radius 2 is 1.79 bits per heavy atom. The van der Waals surface area contributed by atoms with Gasteiger partial charge in [-0.3, -0.25) is 5.32 Å². The molecule has 0 bridgehead atoms. The lowest BCUT2D eigenvalue weighted by Gasteiger charge is -2.12. The predicted molar refractivity (Wildman–Crippen MR) is 94.8 cm³/mol. The summed E-state index contributed by atoms with van der Waals surface area (Å²) in [6, 6.07) is 17.6. The molecular formula is C19H17N3O2. The van der Waals surface area contributed by atoms with Crippen molar-refractivity contribution >= 4 is 33.7 Å². The molecule has 0 amide bonds. The normalized spacial score (nSPS) is 11.3. The Kier molecular flexibility index (Phi) is 3.54. The molecule has 120 valence electrons. The Bertz CT molecular complexity index is 975. The summed E-state index contributed by atoms with van der Waals surface area (Å²) < 4.78 is 11.6. The van der Waals surface area contributed by atoms with Crippen LogP contribution in [-0.4, -0.2) is 16.1 Å². The average Bonchev–Trinajstić information content (AvgIpc) is 2.96. The highest BCUT2D eigenvalue weighted by Gasteiger charge is 2.12. The van der Waals surface area contributed by atoms with Crippen molar-refractivity contribution in [3.63, 3.8) is 0 Å². The number of rotatable bonds is 4.